The van der Waals surface area contributed by atoms with Crippen LogP contribution in [0, 0.1) is 0 Å². The summed E-state index contributed by atoms with van der Waals surface area (Å²) < 4.78 is 0. The number of piperidine rings is 1. The van der Waals surface area contributed by atoms with Crippen molar-refractivity contribution in [2.45, 2.75) is 25.3 Å². The minimum absolute atomic E-state index is 0.318. The molecule has 1 fully saturated rings. The monoisotopic (exact) mass is 379 g/mol. The van der Waals surface area contributed by atoms with E-state index in [1.165, 1.54) is 0 Å². The van der Waals surface area contributed by atoms with Gasteiger partial charge in [-0.05, 0) is 49.2 Å². The van der Waals surface area contributed by atoms with Gasteiger partial charge in [0.05, 0.1) is 11.4 Å². The first-order chi connectivity index (χ1) is 13.2. The summed E-state index contributed by atoms with van der Waals surface area (Å²) in [6.07, 6.45) is 5.90. The molecule has 6 heteroatoms. The van der Waals surface area contributed by atoms with Gasteiger partial charge in [0.25, 0.3) is 0 Å². The van der Waals surface area contributed by atoms with Gasteiger partial charge in [0.15, 0.2) is 0 Å². The quantitative estimate of drug-likeness (QED) is 0.737. The number of rotatable bonds is 4. The van der Waals surface area contributed by atoms with E-state index in [-0.39, 0.29) is 0 Å². The van der Waals surface area contributed by atoms with E-state index in [2.05, 4.69) is 25.9 Å². The molecule has 1 aliphatic heterocycles. The summed E-state index contributed by atoms with van der Waals surface area (Å²) in [6.45, 7) is 2.87. The van der Waals surface area contributed by atoms with Gasteiger partial charge in [-0.2, -0.15) is 0 Å². The summed E-state index contributed by atoms with van der Waals surface area (Å²) in [4.78, 5) is 15.8. The first kappa shape index (κ1) is 17.9. The molecule has 0 saturated carbocycles. The molecule has 27 heavy (non-hydrogen) atoms. The number of nitrogens with zero attached hydrogens (tertiary/aromatic N) is 4. The summed E-state index contributed by atoms with van der Waals surface area (Å²) >= 11 is 6.05. The lowest BCUT2D eigenvalue weighted by Crippen LogP contribution is -2.34. The molecule has 138 valence electrons. The van der Waals surface area contributed by atoms with Crippen LogP contribution in [0.2, 0.25) is 5.02 Å². The van der Waals surface area contributed by atoms with Crippen LogP contribution < -0.4 is 5.73 Å². The van der Waals surface area contributed by atoms with Crippen LogP contribution >= 0.6 is 11.6 Å². The Morgan fingerprint density at radius 2 is 1.96 bits per heavy atom. The molecule has 2 aromatic heterocycles. The average Bonchev–Trinajstić information content (AvgIpc) is 2.70. The van der Waals surface area contributed by atoms with Gasteiger partial charge < -0.3 is 5.73 Å². The molecule has 0 radical (unpaired) electrons. The second-order valence-electron chi connectivity index (χ2n) is 6.93. The molecule has 0 spiro atoms. The Balaban J connectivity index is 1.60. The Bertz CT molecular complexity index is 898. The molecule has 0 bridgehead atoms. The topological polar surface area (TPSA) is 67.9 Å². The maximum absolute atomic E-state index is 6.05. The number of pyridine rings is 1. The van der Waals surface area contributed by atoms with Crippen molar-refractivity contribution in [1.82, 2.24) is 19.9 Å². The van der Waals surface area contributed by atoms with Gasteiger partial charge in [0.1, 0.15) is 0 Å². The second kappa shape index (κ2) is 8.03. The van der Waals surface area contributed by atoms with E-state index in [9.17, 15) is 0 Å². The van der Waals surface area contributed by atoms with Crippen molar-refractivity contribution in [3.8, 4) is 11.1 Å². The van der Waals surface area contributed by atoms with E-state index >= 15 is 0 Å². The highest BCUT2D eigenvalue weighted by molar-refractivity contribution is 6.30. The zero-order valence-electron chi connectivity index (χ0n) is 15.1. The van der Waals surface area contributed by atoms with Gasteiger partial charge in [0, 0.05) is 42.0 Å². The molecule has 1 aliphatic rings. The van der Waals surface area contributed by atoms with E-state index in [1.54, 1.807) is 0 Å². The van der Waals surface area contributed by atoms with Crippen LogP contribution in [0.1, 0.15) is 30.1 Å². The molecule has 1 aromatic carbocycles. The summed E-state index contributed by atoms with van der Waals surface area (Å²) in [7, 11) is 0. The number of likely N-dealkylation sites (tertiary alicyclic amines) is 1. The molecule has 1 saturated heterocycles. The summed E-state index contributed by atoms with van der Waals surface area (Å²) in [5.41, 5.74) is 10.1. The van der Waals surface area contributed by atoms with Gasteiger partial charge in [-0.1, -0.05) is 29.8 Å². The fourth-order valence-electron chi connectivity index (χ4n) is 3.72. The van der Waals surface area contributed by atoms with Crippen LogP contribution in [0.3, 0.4) is 0 Å². The predicted octanol–water partition coefficient (Wildman–Crippen LogP) is 4.15. The number of nitrogens with two attached hydrogens (primary N) is 1. The molecule has 0 amide bonds. The molecule has 0 unspecified atom stereocenters. The minimum Gasteiger partial charge on any atom is -0.368 e. The summed E-state index contributed by atoms with van der Waals surface area (Å²) in [5.74, 6) is 0.642. The zero-order chi connectivity index (χ0) is 18.6. The third-order valence-corrected chi connectivity index (χ3v) is 5.25. The number of benzene rings is 1. The van der Waals surface area contributed by atoms with Gasteiger partial charge in [0.2, 0.25) is 5.95 Å². The lowest BCUT2D eigenvalue weighted by atomic mass is 9.90. The number of anilines is 1. The van der Waals surface area contributed by atoms with Gasteiger partial charge in [-0.3, -0.25) is 9.88 Å². The Morgan fingerprint density at radius 3 is 2.74 bits per heavy atom. The number of hydrogen-bond acceptors (Lipinski definition) is 5. The van der Waals surface area contributed by atoms with E-state index in [0.717, 1.165) is 60.0 Å². The number of nitrogen functional groups attached to an aromatic ring is 1. The normalized spacial score (nSPS) is 17.7. The van der Waals surface area contributed by atoms with Crippen LogP contribution in [0.25, 0.3) is 11.1 Å². The third-order valence-electron chi connectivity index (χ3n) is 5.00. The first-order valence-electron chi connectivity index (χ1n) is 9.19. The fraction of sp³-hybridized carbons (Fsp3) is 0.286. The van der Waals surface area contributed by atoms with E-state index in [1.807, 2.05) is 48.8 Å². The summed E-state index contributed by atoms with van der Waals surface area (Å²) in [5, 5.41) is 0.718. The SMILES string of the molecule is Nc1ncc(-c2ccc(Cl)cc2)c([C@H]2CCCN(Cc3ccccn3)C2)n1. The maximum Gasteiger partial charge on any atom is 0.220 e. The molecular formula is C21H22ClN5. The van der Waals surface area contributed by atoms with Gasteiger partial charge in [-0.25, -0.2) is 9.97 Å². The molecule has 5 nitrogen and oxygen atoms in total. The first-order valence-corrected chi connectivity index (χ1v) is 9.57. The molecule has 4 rings (SSSR count). The lowest BCUT2D eigenvalue weighted by Gasteiger charge is -2.33. The van der Waals surface area contributed by atoms with Crippen LogP contribution in [0.5, 0.6) is 0 Å². The minimum atomic E-state index is 0.318. The largest absolute Gasteiger partial charge is 0.368 e. The van der Waals surface area contributed by atoms with Crippen molar-refractivity contribution < 1.29 is 0 Å². The van der Waals surface area contributed by atoms with Crippen LogP contribution in [-0.2, 0) is 6.54 Å². The highest BCUT2D eigenvalue weighted by atomic mass is 35.5. The Labute approximate surface area is 164 Å². The maximum atomic E-state index is 6.05. The second-order valence-corrected chi connectivity index (χ2v) is 7.37. The van der Waals surface area contributed by atoms with E-state index < -0.39 is 0 Å². The molecule has 2 N–H and O–H groups in total. The molecule has 0 aliphatic carbocycles. The Morgan fingerprint density at radius 1 is 1.11 bits per heavy atom. The van der Waals surface area contributed by atoms with Crippen molar-refractivity contribution in [2.24, 2.45) is 0 Å². The molecule has 3 aromatic rings. The highest BCUT2D eigenvalue weighted by Crippen LogP contribution is 2.34. The van der Waals surface area contributed by atoms with Crippen LogP contribution in [0.15, 0.2) is 54.9 Å². The standard InChI is InChI=1S/C21H22ClN5/c22-17-8-6-15(7-9-17)19-12-25-21(23)26-20(19)16-4-3-11-27(13-16)14-18-5-1-2-10-24-18/h1-2,5-10,12,16H,3-4,11,13-14H2,(H2,23,25,26)/t16-/m0/s1. The fourth-order valence-corrected chi connectivity index (χ4v) is 3.84. The van der Waals surface area contributed by atoms with Crippen molar-refractivity contribution in [2.75, 3.05) is 18.8 Å². The van der Waals surface area contributed by atoms with E-state index in [4.69, 9.17) is 17.3 Å². The Kier molecular flexibility index (Phi) is 5.32. The average molecular weight is 380 g/mol. The van der Waals surface area contributed by atoms with Gasteiger partial charge in [-0.15, -0.1) is 0 Å². The number of halogens is 1. The molecule has 1 atom stereocenters. The predicted molar refractivity (Wildman–Crippen MR) is 108 cm³/mol. The lowest BCUT2D eigenvalue weighted by molar-refractivity contribution is 0.196. The highest BCUT2D eigenvalue weighted by Gasteiger charge is 2.25. The smallest absolute Gasteiger partial charge is 0.220 e. The number of hydrogen-bond donors (Lipinski definition) is 1. The van der Waals surface area contributed by atoms with Gasteiger partial charge >= 0.3 is 0 Å². The summed E-state index contributed by atoms with van der Waals surface area (Å²) in [6, 6.07) is 13.9. The van der Waals surface area contributed by atoms with Crippen molar-refractivity contribution in [1.29, 1.82) is 0 Å². The molecular weight excluding hydrogens is 358 g/mol. The Hall–Kier alpha value is -2.50. The molecule has 3 heterocycles. The number of aromatic nitrogens is 3. The van der Waals surface area contributed by atoms with Crippen LogP contribution in [-0.4, -0.2) is 32.9 Å². The van der Waals surface area contributed by atoms with E-state index in [0.29, 0.717) is 11.9 Å². The third kappa shape index (κ3) is 4.26. The van der Waals surface area contributed by atoms with Crippen molar-refractivity contribution >= 4 is 17.5 Å². The zero-order valence-corrected chi connectivity index (χ0v) is 15.8. The van der Waals surface area contributed by atoms with Crippen molar-refractivity contribution in [3.05, 3.63) is 71.3 Å². The van der Waals surface area contributed by atoms with Crippen molar-refractivity contribution in [3.63, 3.8) is 0 Å². The van der Waals surface area contributed by atoms with Crippen LogP contribution in [0.4, 0.5) is 5.95 Å².